The predicted molar refractivity (Wildman–Crippen MR) is 262 cm³/mol. The van der Waals surface area contributed by atoms with E-state index in [-0.39, 0.29) is 11.6 Å². The van der Waals surface area contributed by atoms with Crippen LogP contribution in [0.5, 0.6) is 0 Å². The van der Waals surface area contributed by atoms with Crippen molar-refractivity contribution < 1.29 is 9.18 Å². The Hall–Kier alpha value is -5.43. The van der Waals surface area contributed by atoms with E-state index in [4.69, 9.17) is 11.1 Å². The highest BCUT2D eigenvalue weighted by Gasteiger charge is 2.30. The van der Waals surface area contributed by atoms with Gasteiger partial charge in [-0.05, 0) is 119 Å². The largest absolute Gasteiger partial charge is 0.404 e. The number of rotatable bonds is 17. The number of nitrogens with zero attached hydrogens (tertiary/aromatic N) is 4. The number of carbonyl (C=O) groups is 1. The van der Waals surface area contributed by atoms with Gasteiger partial charge < -0.3 is 27.1 Å². The summed E-state index contributed by atoms with van der Waals surface area (Å²) < 4.78 is 16.9. The van der Waals surface area contributed by atoms with Gasteiger partial charge in [0.25, 0.3) is 0 Å². The Balaban J connectivity index is 0.000000715. The van der Waals surface area contributed by atoms with Crippen molar-refractivity contribution in [2.24, 2.45) is 17.6 Å². The third kappa shape index (κ3) is 16.1. The van der Waals surface area contributed by atoms with Crippen molar-refractivity contribution in [1.29, 1.82) is 5.41 Å². The number of benzene rings is 3. The third-order valence-electron chi connectivity index (χ3n) is 9.67. The Labute approximate surface area is 374 Å². The number of halogens is 1. The van der Waals surface area contributed by atoms with E-state index in [0.717, 1.165) is 53.7 Å². The van der Waals surface area contributed by atoms with Crippen LogP contribution < -0.4 is 21.7 Å². The fourth-order valence-electron chi connectivity index (χ4n) is 6.68. The first-order valence-electron chi connectivity index (χ1n) is 21.6. The number of fused-ring (bicyclic) bond motifs is 1. The molecule has 0 aliphatic heterocycles. The van der Waals surface area contributed by atoms with Crippen LogP contribution in [-0.4, -0.2) is 59.3 Å². The van der Waals surface area contributed by atoms with Crippen LogP contribution in [0.25, 0.3) is 11.2 Å². The number of hydrogen-bond donors (Lipinski definition) is 5. The van der Waals surface area contributed by atoms with E-state index in [1.54, 1.807) is 10.6 Å². The minimum absolute atomic E-state index is 0.250. The van der Waals surface area contributed by atoms with Crippen molar-refractivity contribution in [3.05, 3.63) is 138 Å². The van der Waals surface area contributed by atoms with E-state index >= 15 is 4.39 Å². The van der Waals surface area contributed by atoms with Crippen LogP contribution >= 0.6 is 11.8 Å². The first-order chi connectivity index (χ1) is 30.1. The second-order valence-corrected chi connectivity index (χ2v) is 15.8. The molecule has 1 unspecified atom stereocenters. The molecular formula is C50H70FN9OS. The lowest BCUT2D eigenvalue weighted by atomic mass is 9.69. The lowest BCUT2D eigenvalue weighted by Gasteiger charge is -2.36. The molecule has 62 heavy (non-hydrogen) atoms. The van der Waals surface area contributed by atoms with Crippen molar-refractivity contribution in [1.82, 2.24) is 30.2 Å². The molecular weight excluding hydrogens is 794 g/mol. The van der Waals surface area contributed by atoms with Crippen molar-refractivity contribution in [3.8, 4) is 0 Å². The van der Waals surface area contributed by atoms with Crippen molar-refractivity contribution in [2.75, 3.05) is 26.5 Å². The number of carbonyl (C=O) groups excluding carboxylic acids is 1. The summed E-state index contributed by atoms with van der Waals surface area (Å²) >= 11 is 1.53. The summed E-state index contributed by atoms with van der Waals surface area (Å²) in [6, 6.07) is 22.0. The van der Waals surface area contributed by atoms with E-state index in [1.807, 2.05) is 79.2 Å². The summed E-state index contributed by atoms with van der Waals surface area (Å²) in [5, 5.41) is 21.1. The van der Waals surface area contributed by atoms with Crippen LogP contribution in [0.15, 0.2) is 114 Å². The summed E-state index contributed by atoms with van der Waals surface area (Å²) in [6.07, 6.45) is 14.9. The smallest absolute Gasteiger partial charge is 0.247 e. The van der Waals surface area contributed by atoms with E-state index < -0.39 is 5.82 Å². The Bertz CT molecular complexity index is 2140. The third-order valence-corrected chi connectivity index (χ3v) is 10.6. The molecule has 6 rings (SSSR count). The van der Waals surface area contributed by atoms with Crippen LogP contribution in [0.4, 0.5) is 16.0 Å². The number of allylic oxidation sites excluding steroid dienone is 2. The van der Waals surface area contributed by atoms with Gasteiger partial charge in [-0.3, -0.25) is 4.79 Å². The van der Waals surface area contributed by atoms with E-state index in [2.05, 4.69) is 94.4 Å². The minimum Gasteiger partial charge on any atom is -0.404 e. The van der Waals surface area contributed by atoms with E-state index in [1.165, 1.54) is 47.7 Å². The fraction of sp³-hybridized carbons (Fsp3) is 0.380. The molecule has 0 amide bonds. The Kier molecular flexibility index (Phi) is 24.6. The molecule has 0 saturated heterocycles. The maximum Gasteiger partial charge on any atom is 0.247 e. The minimum atomic E-state index is -0.403. The number of hydrogen-bond acceptors (Lipinski definition) is 10. The highest BCUT2D eigenvalue weighted by atomic mass is 32.2. The van der Waals surface area contributed by atoms with Gasteiger partial charge in [-0.15, -0.1) is 18.3 Å². The zero-order chi connectivity index (χ0) is 46.0. The first-order valence-corrected chi connectivity index (χ1v) is 22.5. The first kappa shape index (κ1) is 52.7. The molecule has 1 fully saturated rings. The number of aromatic nitrogens is 4. The molecule has 0 bridgehead atoms. The summed E-state index contributed by atoms with van der Waals surface area (Å²) in [4.78, 5) is 21.9. The maximum absolute atomic E-state index is 15.3. The van der Waals surface area contributed by atoms with Crippen LogP contribution in [-0.2, 0) is 12.8 Å². The van der Waals surface area contributed by atoms with E-state index in [9.17, 15) is 4.79 Å². The predicted octanol–water partition coefficient (Wildman–Crippen LogP) is 11.5. The lowest BCUT2D eigenvalue weighted by molar-refractivity contribution is 0.112. The van der Waals surface area contributed by atoms with Gasteiger partial charge in [-0.25, -0.2) is 13.9 Å². The molecule has 0 radical (unpaired) electrons. The van der Waals surface area contributed by atoms with Crippen molar-refractivity contribution >= 4 is 47.1 Å². The van der Waals surface area contributed by atoms with E-state index in [0.29, 0.717) is 52.7 Å². The second-order valence-electron chi connectivity index (χ2n) is 14.7. The summed E-state index contributed by atoms with van der Waals surface area (Å²) in [5.74, 6) is 1.34. The quantitative estimate of drug-likeness (QED) is 0.0350. The fourth-order valence-corrected chi connectivity index (χ4v) is 7.61. The van der Waals surface area contributed by atoms with Crippen molar-refractivity contribution in [3.63, 3.8) is 0 Å². The highest BCUT2D eigenvalue weighted by molar-refractivity contribution is 7.99. The number of aldehydes is 1. The van der Waals surface area contributed by atoms with Crippen molar-refractivity contribution in [2.45, 2.75) is 102 Å². The van der Waals surface area contributed by atoms with Crippen LogP contribution in [0.3, 0.4) is 0 Å². The van der Waals surface area contributed by atoms with Gasteiger partial charge in [0.05, 0.1) is 11.4 Å². The van der Waals surface area contributed by atoms with Gasteiger partial charge >= 0.3 is 0 Å². The van der Waals surface area contributed by atoms with Gasteiger partial charge in [-0.1, -0.05) is 102 Å². The average Bonchev–Trinajstić information content (AvgIpc) is 3.69. The number of nitrogens with two attached hydrogens (primary N) is 1. The number of nitrogens with one attached hydrogen (secondary N) is 4. The molecule has 10 nitrogen and oxygen atoms in total. The lowest BCUT2D eigenvalue weighted by Crippen LogP contribution is -2.23. The second kappa shape index (κ2) is 29.0. The summed E-state index contributed by atoms with van der Waals surface area (Å²) in [7, 11) is 5.69. The van der Waals surface area contributed by atoms with Gasteiger partial charge in [0.15, 0.2) is 5.65 Å². The van der Waals surface area contributed by atoms with Gasteiger partial charge in [0.1, 0.15) is 18.4 Å². The van der Waals surface area contributed by atoms with Crippen LogP contribution in [0.1, 0.15) is 106 Å². The monoisotopic (exact) mass is 864 g/mol. The molecule has 6 N–H and O–H groups in total. The average molecular weight is 864 g/mol. The molecule has 3 aromatic carbocycles. The zero-order valence-electron chi connectivity index (χ0n) is 38.3. The SMILES string of the molecule is C=CCCC(C=C)NC.CC.CC.CC(C)Cc1c(/C(C=N)=C/N)ncn2nc(Nc3ccc(Sc4cccc(CC5CC(c6ccc(C=O)cc6)C5)c4)cc3F)nc12.CNC. The standard InChI is InChI=1S/C36H36FN7OS.C8H15N.C2H7N.2C2H6/c1-22(2)12-31-34(28(18-38)19-39)40-21-44-35(31)42-36(43-44)41-33-11-10-30(17-32(33)37)46-29-5-3-4-24(16-29)13-25-14-27(15-25)26-8-6-23(20-45)7-9-26;1-4-6-7-8(5-2)9-3;1-3-2;2*1-2/h3-11,16-22,25,27,38H,12-15,39H2,1-2H3,(H,41,43);4-5,8-9H,1-2,6-7H2,3H3;3H,1-2H3;2*1-2H3/b28-19+,38-18?;;;;. The molecule has 1 atom stereocenters. The van der Waals surface area contributed by atoms with Gasteiger partial charge in [0.2, 0.25) is 5.95 Å². The maximum atomic E-state index is 15.3. The summed E-state index contributed by atoms with van der Waals surface area (Å²) in [5.41, 5.74) is 11.8. The Morgan fingerprint density at radius 3 is 2.26 bits per heavy atom. The molecule has 0 spiro atoms. The number of likely N-dealkylation sites (N-methyl/N-ethyl adjacent to an activating group) is 1. The number of anilines is 2. The normalized spacial score (nSPS) is 14.5. The molecule has 1 aliphatic carbocycles. The highest BCUT2D eigenvalue weighted by Crippen LogP contribution is 2.43. The zero-order valence-corrected chi connectivity index (χ0v) is 39.2. The molecule has 334 valence electrons. The summed E-state index contributed by atoms with van der Waals surface area (Å²) in [6.45, 7) is 19.5. The van der Waals surface area contributed by atoms with Gasteiger partial charge in [-0.2, -0.15) is 4.98 Å². The Morgan fingerprint density at radius 2 is 1.69 bits per heavy atom. The molecule has 1 saturated carbocycles. The Morgan fingerprint density at radius 1 is 1.02 bits per heavy atom. The van der Waals surface area contributed by atoms with Crippen LogP contribution in [0, 0.1) is 23.1 Å². The van der Waals surface area contributed by atoms with Gasteiger partial charge in [0, 0.05) is 44.9 Å². The molecule has 2 heterocycles. The topological polar surface area (TPSA) is 146 Å². The molecule has 2 aromatic heterocycles. The molecule has 1 aliphatic rings. The van der Waals surface area contributed by atoms with Crippen LogP contribution in [0.2, 0.25) is 0 Å². The molecule has 12 heteroatoms. The molecule has 5 aromatic rings.